The molecule has 0 spiro atoms. The summed E-state index contributed by atoms with van der Waals surface area (Å²) in [5, 5.41) is 14.1. The molecular weight excluding hydrogens is 346 g/mol. The zero-order valence-electron chi connectivity index (χ0n) is 11.7. The molecule has 22 heavy (non-hydrogen) atoms. The zero-order valence-corrected chi connectivity index (χ0v) is 13.3. The molecule has 2 N–H and O–H groups in total. The van der Waals surface area contributed by atoms with Gasteiger partial charge in [0.15, 0.2) is 0 Å². The van der Waals surface area contributed by atoms with Gasteiger partial charge in [0.05, 0.1) is 22.7 Å². The van der Waals surface area contributed by atoms with Crippen LogP contribution >= 0.6 is 15.9 Å². The van der Waals surface area contributed by atoms with Crippen LogP contribution < -0.4 is 15.4 Å². The van der Waals surface area contributed by atoms with Gasteiger partial charge in [0.25, 0.3) is 0 Å². The smallest absolute Gasteiger partial charge is 0.319 e. The lowest BCUT2D eigenvalue weighted by Crippen LogP contribution is -2.32. The average Bonchev–Trinajstić information content (AvgIpc) is 2.54. The van der Waals surface area contributed by atoms with E-state index in [1.165, 1.54) is 0 Å². The third-order valence-corrected chi connectivity index (χ3v) is 3.41. The van der Waals surface area contributed by atoms with E-state index in [-0.39, 0.29) is 6.03 Å². The maximum absolute atomic E-state index is 11.7. The molecule has 2 rings (SSSR count). The quantitative estimate of drug-likeness (QED) is 0.802. The molecule has 2 aromatic carbocycles. The summed E-state index contributed by atoms with van der Waals surface area (Å²) in [6, 6.07) is 15.9. The first-order valence-corrected chi connectivity index (χ1v) is 7.40. The number of para-hydroxylation sites is 1. The van der Waals surface area contributed by atoms with Crippen molar-refractivity contribution >= 4 is 27.6 Å². The highest BCUT2D eigenvalue weighted by molar-refractivity contribution is 9.10. The number of anilines is 1. The van der Waals surface area contributed by atoms with Gasteiger partial charge in [-0.3, -0.25) is 0 Å². The zero-order chi connectivity index (χ0) is 15.8. The van der Waals surface area contributed by atoms with Crippen LogP contribution in [0.4, 0.5) is 10.5 Å². The Balaban J connectivity index is 1.71. The molecule has 6 heteroatoms. The minimum atomic E-state index is -0.319. The highest BCUT2D eigenvalue weighted by Gasteiger charge is 2.02. The number of benzene rings is 2. The molecule has 0 fully saturated rings. The molecular formula is C16H14BrN3O2. The van der Waals surface area contributed by atoms with Gasteiger partial charge in [-0.25, -0.2) is 4.79 Å². The number of amides is 2. The normalized spacial score (nSPS) is 9.64. The Bertz CT molecular complexity index is 681. The molecule has 0 bridgehead atoms. The lowest BCUT2D eigenvalue weighted by Gasteiger charge is -2.10. The molecule has 2 amide bonds. The van der Waals surface area contributed by atoms with E-state index >= 15 is 0 Å². The number of hydrogen-bond acceptors (Lipinski definition) is 3. The second kappa shape index (κ2) is 8.05. The number of ether oxygens (including phenoxy) is 1. The van der Waals surface area contributed by atoms with Gasteiger partial charge in [-0.15, -0.1) is 0 Å². The fraction of sp³-hybridized carbons (Fsp3) is 0.125. The predicted octanol–water partition coefficient (Wildman–Crippen LogP) is 3.52. The van der Waals surface area contributed by atoms with Gasteiger partial charge in [-0.05, 0) is 52.3 Å². The molecule has 0 atom stereocenters. The predicted molar refractivity (Wildman–Crippen MR) is 87.8 cm³/mol. The third kappa shape index (κ3) is 4.79. The van der Waals surface area contributed by atoms with Gasteiger partial charge in [0.1, 0.15) is 12.4 Å². The van der Waals surface area contributed by atoms with Crippen LogP contribution in [0.15, 0.2) is 53.0 Å². The molecule has 0 aliphatic heterocycles. The Hall–Kier alpha value is -2.52. The van der Waals surface area contributed by atoms with Crippen LogP contribution in [-0.2, 0) is 0 Å². The second-order valence-corrected chi connectivity index (χ2v) is 5.20. The monoisotopic (exact) mass is 359 g/mol. The number of carbonyl (C=O) groups excluding carboxylic acids is 1. The minimum Gasteiger partial charge on any atom is -0.491 e. The van der Waals surface area contributed by atoms with Crippen LogP contribution in [0.1, 0.15) is 5.56 Å². The van der Waals surface area contributed by atoms with E-state index in [2.05, 4.69) is 26.6 Å². The fourth-order valence-corrected chi connectivity index (χ4v) is 2.09. The van der Waals surface area contributed by atoms with Crippen molar-refractivity contribution in [2.75, 3.05) is 18.5 Å². The highest BCUT2D eigenvalue weighted by Crippen LogP contribution is 2.23. The molecule has 0 saturated carbocycles. The molecule has 0 unspecified atom stereocenters. The van der Waals surface area contributed by atoms with Gasteiger partial charge in [0.2, 0.25) is 0 Å². The van der Waals surface area contributed by atoms with Crippen molar-refractivity contribution < 1.29 is 9.53 Å². The average molecular weight is 360 g/mol. The van der Waals surface area contributed by atoms with Crippen LogP contribution in [0.2, 0.25) is 0 Å². The topological polar surface area (TPSA) is 74.2 Å². The first kappa shape index (κ1) is 15.9. The van der Waals surface area contributed by atoms with Crippen molar-refractivity contribution in [3.05, 3.63) is 58.6 Å². The lowest BCUT2D eigenvalue weighted by atomic mass is 10.2. The van der Waals surface area contributed by atoms with E-state index < -0.39 is 0 Å². The molecule has 0 aliphatic carbocycles. The molecule has 2 aromatic rings. The lowest BCUT2D eigenvalue weighted by molar-refractivity contribution is 0.247. The van der Waals surface area contributed by atoms with Crippen LogP contribution in [0.25, 0.3) is 0 Å². The number of nitriles is 1. The van der Waals surface area contributed by atoms with Crippen molar-refractivity contribution in [2.24, 2.45) is 0 Å². The van der Waals surface area contributed by atoms with Crippen molar-refractivity contribution in [3.63, 3.8) is 0 Å². The van der Waals surface area contributed by atoms with Gasteiger partial charge in [0, 0.05) is 5.69 Å². The summed E-state index contributed by atoms with van der Waals surface area (Å²) in [4.78, 5) is 11.7. The van der Waals surface area contributed by atoms with E-state index in [1.807, 2.05) is 30.3 Å². The third-order valence-electron chi connectivity index (χ3n) is 2.75. The van der Waals surface area contributed by atoms with E-state index in [1.54, 1.807) is 24.3 Å². The first-order valence-electron chi connectivity index (χ1n) is 6.61. The number of hydrogen-bond donors (Lipinski definition) is 2. The van der Waals surface area contributed by atoms with E-state index in [4.69, 9.17) is 10.00 Å². The minimum absolute atomic E-state index is 0.319. The molecule has 0 aromatic heterocycles. The van der Waals surface area contributed by atoms with Gasteiger partial charge in [-0.2, -0.15) is 5.26 Å². The van der Waals surface area contributed by atoms with Crippen LogP contribution in [-0.4, -0.2) is 19.2 Å². The highest BCUT2D eigenvalue weighted by atomic mass is 79.9. The Morgan fingerprint density at radius 2 is 1.91 bits per heavy atom. The number of nitrogens with one attached hydrogen (secondary N) is 2. The summed E-state index contributed by atoms with van der Waals surface area (Å²) in [7, 11) is 0. The number of halogens is 1. The number of carbonyl (C=O) groups is 1. The summed E-state index contributed by atoms with van der Waals surface area (Å²) in [6.45, 7) is 0.743. The number of rotatable bonds is 5. The first-order chi connectivity index (χ1) is 10.7. The summed E-state index contributed by atoms with van der Waals surface area (Å²) < 4.78 is 6.41. The molecule has 0 aliphatic rings. The molecule has 0 heterocycles. The molecule has 0 saturated heterocycles. The van der Waals surface area contributed by atoms with Gasteiger partial charge in [-0.1, -0.05) is 12.1 Å². The number of nitrogens with zero attached hydrogens (tertiary/aromatic N) is 1. The standard InChI is InChI=1S/C16H14BrN3O2/c17-14-3-1-2-4-15(14)22-10-9-19-16(21)20-13-7-5-12(11-18)6-8-13/h1-8H,9-10H2,(H2,19,20,21). The van der Waals surface area contributed by atoms with Crippen LogP contribution in [0, 0.1) is 11.3 Å². The summed E-state index contributed by atoms with van der Waals surface area (Å²) >= 11 is 3.39. The van der Waals surface area contributed by atoms with E-state index in [0.29, 0.717) is 24.4 Å². The van der Waals surface area contributed by atoms with Crippen LogP contribution in [0.5, 0.6) is 5.75 Å². The molecule has 112 valence electrons. The van der Waals surface area contributed by atoms with Gasteiger partial charge >= 0.3 is 6.03 Å². The largest absolute Gasteiger partial charge is 0.491 e. The number of urea groups is 1. The Morgan fingerprint density at radius 3 is 2.59 bits per heavy atom. The van der Waals surface area contributed by atoms with Crippen LogP contribution in [0.3, 0.4) is 0 Å². The van der Waals surface area contributed by atoms with Gasteiger partial charge < -0.3 is 15.4 Å². The summed E-state index contributed by atoms with van der Waals surface area (Å²) in [5.74, 6) is 0.733. The Morgan fingerprint density at radius 1 is 1.18 bits per heavy atom. The van der Waals surface area contributed by atoms with Crippen molar-refractivity contribution in [3.8, 4) is 11.8 Å². The maximum Gasteiger partial charge on any atom is 0.319 e. The maximum atomic E-state index is 11.7. The van der Waals surface area contributed by atoms with Crippen molar-refractivity contribution in [2.45, 2.75) is 0 Å². The Kier molecular flexibility index (Phi) is 5.81. The molecule has 0 radical (unpaired) electrons. The second-order valence-electron chi connectivity index (χ2n) is 4.35. The van der Waals surface area contributed by atoms with E-state index in [0.717, 1.165) is 10.2 Å². The fourth-order valence-electron chi connectivity index (χ4n) is 1.69. The Labute approximate surface area is 137 Å². The SMILES string of the molecule is N#Cc1ccc(NC(=O)NCCOc2ccccc2Br)cc1. The summed E-state index contributed by atoms with van der Waals surface area (Å²) in [5.41, 5.74) is 1.18. The van der Waals surface area contributed by atoms with Crippen molar-refractivity contribution in [1.82, 2.24) is 5.32 Å². The van der Waals surface area contributed by atoms with Crippen molar-refractivity contribution in [1.29, 1.82) is 5.26 Å². The summed E-state index contributed by atoms with van der Waals surface area (Å²) in [6.07, 6.45) is 0. The van der Waals surface area contributed by atoms with E-state index in [9.17, 15) is 4.79 Å². The molecule has 5 nitrogen and oxygen atoms in total.